The standard InChI is InChI=1S/C63H123NO8/c1-3-5-7-9-11-13-15-17-19-21-23-25-27-29-30-32-34-36-38-40-42-44-46-48-50-52-57(66)56(55-71-63-62(70)61(69)60(68)58(54-65)72-63)64-59(67)53-51-49-47-45-43-41-39-37-35-33-31-28-26-24-22-20-18-16-14-12-10-8-6-4-2/h50,52,56-58,60-63,65-66,68-70H,3-49,51,53-55H2,1-2H3,(H,64,67)/b52-50+. The van der Waals surface area contributed by atoms with Crippen LogP contribution in [0, 0.1) is 0 Å². The molecule has 0 aromatic carbocycles. The first-order valence-electron chi connectivity index (χ1n) is 31.9. The van der Waals surface area contributed by atoms with Gasteiger partial charge < -0.3 is 40.3 Å². The Labute approximate surface area is 446 Å². The molecule has 0 radical (unpaired) electrons. The van der Waals surface area contributed by atoms with Gasteiger partial charge in [-0.1, -0.05) is 315 Å². The summed E-state index contributed by atoms with van der Waals surface area (Å²) >= 11 is 0. The van der Waals surface area contributed by atoms with Crippen LogP contribution in [0.3, 0.4) is 0 Å². The van der Waals surface area contributed by atoms with Gasteiger partial charge in [0.15, 0.2) is 6.29 Å². The molecule has 0 spiro atoms. The highest BCUT2D eigenvalue weighted by Gasteiger charge is 2.44. The van der Waals surface area contributed by atoms with Crippen molar-refractivity contribution in [3.8, 4) is 0 Å². The normalized spacial score (nSPS) is 19.1. The topological polar surface area (TPSA) is 149 Å². The number of ether oxygens (including phenoxy) is 2. The molecule has 1 heterocycles. The lowest BCUT2D eigenvalue weighted by Gasteiger charge is -2.40. The third-order valence-corrected chi connectivity index (χ3v) is 15.6. The van der Waals surface area contributed by atoms with Gasteiger partial charge in [-0.2, -0.15) is 0 Å². The van der Waals surface area contributed by atoms with Gasteiger partial charge in [-0.25, -0.2) is 0 Å². The third kappa shape index (κ3) is 42.1. The molecule has 9 heteroatoms. The maximum atomic E-state index is 13.1. The number of unbranched alkanes of at least 4 members (excludes halogenated alkanes) is 46. The first kappa shape index (κ1) is 68.9. The summed E-state index contributed by atoms with van der Waals surface area (Å²) in [6.07, 6.45) is 60.1. The molecule has 1 saturated heterocycles. The van der Waals surface area contributed by atoms with Gasteiger partial charge in [-0.05, 0) is 19.3 Å². The number of carbonyl (C=O) groups excluding carboxylic acids is 1. The summed E-state index contributed by atoms with van der Waals surface area (Å²) in [7, 11) is 0. The van der Waals surface area contributed by atoms with Crippen LogP contribution in [-0.2, 0) is 14.3 Å². The molecule has 1 aliphatic heterocycles. The van der Waals surface area contributed by atoms with E-state index in [2.05, 4.69) is 19.2 Å². The second-order valence-corrected chi connectivity index (χ2v) is 22.6. The lowest BCUT2D eigenvalue weighted by Crippen LogP contribution is -2.60. The number of allylic oxidation sites excluding steroid dienone is 1. The Morgan fingerprint density at radius 3 is 1.08 bits per heavy atom. The molecule has 72 heavy (non-hydrogen) atoms. The van der Waals surface area contributed by atoms with Crippen molar-refractivity contribution in [1.29, 1.82) is 0 Å². The molecule has 1 rings (SSSR count). The van der Waals surface area contributed by atoms with E-state index in [9.17, 15) is 30.3 Å². The number of carbonyl (C=O) groups is 1. The number of nitrogens with one attached hydrogen (secondary N) is 1. The van der Waals surface area contributed by atoms with Crippen LogP contribution in [0.25, 0.3) is 0 Å². The fourth-order valence-corrected chi connectivity index (χ4v) is 10.6. The molecule has 0 saturated carbocycles. The molecular formula is C63H123NO8. The molecule has 1 aliphatic rings. The van der Waals surface area contributed by atoms with Crippen LogP contribution < -0.4 is 5.32 Å². The molecule has 0 aliphatic carbocycles. The fraction of sp³-hybridized carbons (Fsp3) is 0.952. The molecule has 6 N–H and O–H groups in total. The molecule has 7 unspecified atom stereocenters. The Kier molecular flexibility index (Phi) is 51.1. The summed E-state index contributed by atoms with van der Waals surface area (Å²) in [6.45, 7) is 3.84. The zero-order valence-corrected chi connectivity index (χ0v) is 47.7. The minimum atomic E-state index is -1.56. The van der Waals surface area contributed by atoms with Crippen molar-refractivity contribution in [3.05, 3.63) is 12.2 Å². The zero-order valence-electron chi connectivity index (χ0n) is 47.7. The highest BCUT2D eigenvalue weighted by atomic mass is 16.7. The first-order chi connectivity index (χ1) is 35.3. The van der Waals surface area contributed by atoms with Gasteiger partial charge in [0.25, 0.3) is 0 Å². The van der Waals surface area contributed by atoms with Crippen LogP contribution in [0.15, 0.2) is 12.2 Å². The smallest absolute Gasteiger partial charge is 0.220 e. The Morgan fingerprint density at radius 2 is 0.764 bits per heavy atom. The van der Waals surface area contributed by atoms with E-state index in [0.29, 0.717) is 6.42 Å². The average molecular weight is 1020 g/mol. The number of aliphatic hydroxyl groups excluding tert-OH is 5. The maximum absolute atomic E-state index is 13.1. The zero-order chi connectivity index (χ0) is 52.2. The molecule has 1 fully saturated rings. The largest absolute Gasteiger partial charge is 0.394 e. The predicted molar refractivity (Wildman–Crippen MR) is 304 cm³/mol. The fourth-order valence-electron chi connectivity index (χ4n) is 10.6. The number of aliphatic hydroxyl groups is 5. The van der Waals surface area contributed by atoms with E-state index >= 15 is 0 Å². The lowest BCUT2D eigenvalue weighted by molar-refractivity contribution is -0.302. The minimum Gasteiger partial charge on any atom is -0.394 e. The highest BCUT2D eigenvalue weighted by Crippen LogP contribution is 2.23. The number of hydrogen-bond donors (Lipinski definition) is 6. The molecular weight excluding hydrogens is 899 g/mol. The predicted octanol–water partition coefficient (Wildman–Crippen LogP) is 16.4. The summed E-state index contributed by atoms with van der Waals surface area (Å²) < 4.78 is 11.3. The molecule has 7 atom stereocenters. The Hall–Kier alpha value is -1.07. The van der Waals surface area contributed by atoms with Gasteiger partial charge in [0.2, 0.25) is 5.91 Å². The Bertz CT molecular complexity index is 1140. The van der Waals surface area contributed by atoms with Crippen molar-refractivity contribution in [3.63, 3.8) is 0 Å². The second-order valence-electron chi connectivity index (χ2n) is 22.6. The van der Waals surface area contributed by atoms with Gasteiger partial charge in [-0.3, -0.25) is 4.79 Å². The highest BCUT2D eigenvalue weighted by molar-refractivity contribution is 5.76. The van der Waals surface area contributed by atoms with Crippen LogP contribution in [0.4, 0.5) is 0 Å². The van der Waals surface area contributed by atoms with Crippen molar-refractivity contribution in [1.82, 2.24) is 5.32 Å². The number of amides is 1. The van der Waals surface area contributed by atoms with E-state index in [1.54, 1.807) is 6.08 Å². The van der Waals surface area contributed by atoms with Gasteiger partial charge in [0.05, 0.1) is 25.4 Å². The van der Waals surface area contributed by atoms with Gasteiger partial charge in [0, 0.05) is 6.42 Å². The van der Waals surface area contributed by atoms with Crippen molar-refractivity contribution in [2.24, 2.45) is 0 Å². The minimum absolute atomic E-state index is 0.168. The molecule has 0 aromatic rings. The van der Waals surface area contributed by atoms with Gasteiger partial charge >= 0.3 is 0 Å². The summed E-state index contributed by atoms with van der Waals surface area (Å²) in [6, 6.07) is -0.801. The van der Waals surface area contributed by atoms with Crippen LogP contribution in [0.5, 0.6) is 0 Å². The summed E-state index contributed by atoms with van der Waals surface area (Å²) in [5.41, 5.74) is 0. The van der Waals surface area contributed by atoms with Gasteiger partial charge in [-0.15, -0.1) is 0 Å². The number of rotatable bonds is 56. The van der Waals surface area contributed by atoms with E-state index < -0.39 is 49.5 Å². The number of hydrogen-bond acceptors (Lipinski definition) is 8. The average Bonchev–Trinajstić information content (AvgIpc) is 3.38. The van der Waals surface area contributed by atoms with E-state index in [0.717, 1.165) is 38.5 Å². The summed E-state index contributed by atoms with van der Waals surface area (Å²) in [4.78, 5) is 13.1. The van der Waals surface area contributed by atoms with Crippen molar-refractivity contribution in [2.75, 3.05) is 13.2 Å². The Balaban J connectivity index is 2.17. The molecule has 9 nitrogen and oxygen atoms in total. The first-order valence-corrected chi connectivity index (χ1v) is 31.9. The van der Waals surface area contributed by atoms with Crippen LogP contribution in [0.1, 0.15) is 328 Å². The van der Waals surface area contributed by atoms with Crippen molar-refractivity contribution < 1.29 is 39.8 Å². The van der Waals surface area contributed by atoms with E-state index in [1.807, 2.05) is 6.08 Å². The van der Waals surface area contributed by atoms with Crippen molar-refractivity contribution >= 4 is 5.91 Å². The van der Waals surface area contributed by atoms with E-state index in [4.69, 9.17) is 9.47 Å². The van der Waals surface area contributed by atoms with Crippen LogP contribution in [0.2, 0.25) is 0 Å². The van der Waals surface area contributed by atoms with E-state index in [1.165, 1.54) is 270 Å². The lowest BCUT2D eigenvalue weighted by atomic mass is 9.99. The third-order valence-electron chi connectivity index (χ3n) is 15.6. The van der Waals surface area contributed by atoms with Crippen LogP contribution in [-0.4, -0.2) is 87.5 Å². The van der Waals surface area contributed by atoms with Gasteiger partial charge in [0.1, 0.15) is 24.4 Å². The Morgan fingerprint density at radius 1 is 0.458 bits per heavy atom. The summed E-state index contributed by atoms with van der Waals surface area (Å²) in [5, 5.41) is 54.7. The molecule has 428 valence electrons. The second kappa shape index (κ2) is 53.3. The maximum Gasteiger partial charge on any atom is 0.220 e. The molecule has 1 amide bonds. The van der Waals surface area contributed by atoms with E-state index in [-0.39, 0.29) is 12.5 Å². The quantitative estimate of drug-likeness (QED) is 0.0261. The SMILES string of the molecule is CCCCCCCCCCCCCCCCCCCCCCCCC/C=C/C(O)C(COC1OC(CO)C(O)C(O)C1O)NC(=O)CCCCCCCCCCCCCCCCCCCCCCCCCC. The molecule has 0 aromatic heterocycles. The van der Waals surface area contributed by atoms with Crippen molar-refractivity contribution in [2.45, 2.75) is 371 Å². The molecule has 0 bridgehead atoms. The summed E-state index contributed by atoms with van der Waals surface area (Å²) in [5.74, 6) is -0.168. The monoisotopic (exact) mass is 1020 g/mol. The van der Waals surface area contributed by atoms with Crippen LogP contribution >= 0.6 is 0 Å².